The van der Waals surface area contributed by atoms with Crippen LogP contribution in [0.1, 0.15) is 45.4 Å². The summed E-state index contributed by atoms with van der Waals surface area (Å²) in [6, 6.07) is 0.738. The first kappa shape index (κ1) is 12.4. The predicted octanol–water partition coefficient (Wildman–Crippen LogP) is 2.50. The van der Waals surface area contributed by atoms with Gasteiger partial charge in [0.25, 0.3) is 0 Å². The molecule has 2 aliphatic rings. The molecule has 0 bridgehead atoms. The molecule has 2 nitrogen and oxygen atoms in total. The Labute approximate surface area is 101 Å². The van der Waals surface area contributed by atoms with Crippen LogP contribution in [0.25, 0.3) is 0 Å². The van der Waals surface area contributed by atoms with E-state index in [4.69, 9.17) is 0 Å². The van der Waals surface area contributed by atoms with Gasteiger partial charge >= 0.3 is 0 Å². The van der Waals surface area contributed by atoms with Crippen LogP contribution in [0.5, 0.6) is 0 Å². The predicted molar refractivity (Wildman–Crippen MR) is 69.6 cm³/mol. The topological polar surface area (TPSA) is 15.3 Å². The van der Waals surface area contributed by atoms with E-state index in [1.165, 1.54) is 58.2 Å². The van der Waals surface area contributed by atoms with Crippen LogP contribution in [0.3, 0.4) is 0 Å². The van der Waals surface area contributed by atoms with Gasteiger partial charge in [-0.1, -0.05) is 13.3 Å². The highest BCUT2D eigenvalue weighted by Crippen LogP contribution is 2.37. The summed E-state index contributed by atoms with van der Waals surface area (Å²) in [5.74, 6) is 2.12. The maximum atomic E-state index is 3.40. The first-order valence-electron chi connectivity index (χ1n) is 7.23. The summed E-state index contributed by atoms with van der Waals surface area (Å²) >= 11 is 0. The van der Waals surface area contributed by atoms with Crippen LogP contribution in [-0.2, 0) is 0 Å². The average molecular weight is 224 g/mol. The van der Waals surface area contributed by atoms with Crippen molar-refractivity contribution in [3.05, 3.63) is 0 Å². The van der Waals surface area contributed by atoms with E-state index >= 15 is 0 Å². The van der Waals surface area contributed by atoms with E-state index < -0.39 is 0 Å². The average Bonchev–Trinajstić information content (AvgIpc) is 2.84. The lowest BCUT2D eigenvalue weighted by molar-refractivity contribution is 0.296. The molecular formula is C14H28N2. The van der Waals surface area contributed by atoms with Gasteiger partial charge in [0.2, 0.25) is 0 Å². The Balaban J connectivity index is 1.61. The van der Waals surface area contributed by atoms with Gasteiger partial charge in [-0.15, -0.1) is 0 Å². The Morgan fingerprint density at radius 3 is 2.50 bits per heavy atom. The first-order chi connectivity index (χ1) is 7.83. The lowest BCUT2D eigenvalue weighted by Gasteiger charge is -2.19. The summed E-state index contributed by atoms with van der Waals surface area (Å²) in [6.45, 7) is 6.43. The molecule has 2 heteroatoms. The highest BCUT2D eigenvalue weighted by atomic mass is 15.2. The number of hydrogen-bond donors (Lipinski definition) is 1. The van der Waals surface area contributed by atoms with Crippen LogP contribution in [0.15, 0.2) is 0 Å². The van der Waals surface area contributed by atoms with E-state index in [1.54, 1.807) is 0 Å². The lowest BCUT2D eigenvalue weighted by Crippen LogP contribution is -2.27. The Kier molecular flexibility index (Phi) is 4.66. The van der Waals surface area contributed by atoms with E-state index in [0.29, 0.717) is 0 Å². The number of nitrogens with one attached hydrogen (secondary N) is 1. The molecule has 1 N–H and O–H groups in total. The van der Waals surface area contributed by atoms with Crippen molar-refractivity contribution in [1.82, 2.24) is 10.2 Å². The smallest absolute Gasteiger partial charge is 0.00619 e. The molecule has 2 rings (SSSR count). The Hall–Kier alpha value is -0.0800. The van der Waals surface area contributed by atoms with Crippen molar-refractivity contribution in [2.45, 2.75) is 51.5 Å². The molecular weight excluding hydrogens is 196 g/mol. The third-order valence-corrected chi connectivity index (χ3v) is 4.73. The van der Waals surface area contributed by atoms with Gasteiger partial charge in [0.1, 0.15) is 0 Å². The van der Waals surface area contributed by atoms with E-state index in [2.05, 4.69) is 24.2 Å². The second-order valence-corrected chi connectivity index (χ2v) is 5.75. The standard InChI is InChI=1S/C14H28N2/c1-3-14(15-2)8-5-9-16-10-12-6-4-7-13(12)11-16/h12-15H,3-11H2,1-2H3. The third kappa shape index (κ3) is 2.98. The van der Waals surface area contributed by atoms with Crippen molar-refractivity contribution in [2.75, 3.05) is 26.7 Å². The fraction of sp³-hybridized carbons (Fsp3) is 1.00. The van der Waals surface area contributed by atoms with Crippen molar-refractivity contribution >= 4 is 0 Å². The summed E-state index contributed by atoms with van der Waals surface area (Å²) in [5, 5.41) is 3.40. The summed E-state index contributed by atoms with van der Waals surface area (Å²) in [7, 11) is 2.09. The molecule has 0 radical (unpaired) electrons. The molecule has 3 unspecified atom stereocenters. The Bertz CT molecular complexity index is 189. The first-order valence-corrected chi connectivity index (χ1v) is 7.23. The molecule has 0 aromatic carbocycles. The number of fused-ring (bicyclic) bond motifs is 1. The largest absolute Gasteiger partial charge is 0.317 e. The molecule has 1 saturated carbocycles. The van der Waals surface area contributed by atoms with E-state index in [1.807, 2.05) is 0 Å². The van der Waals surface area contributed by atoms with Gasteiger partial charge in [-0.3, -0.25) is 0 Å². The second-order valence-electron chi connectivity index (χ2n) is 5.75. The van der Waals surface area contributed by atoms with Crippen molar-refractivity contribution in [3.63, 3.8) is 0 Å². The van der Waals surface area contributed by atoms with Gasteiger partial charge in [0.05, 0.1) is 0 Å². The van der Waals surface area contributed by atoms with E-state index in [0.717, 1.165) is 17.9 Å². The van der Waals surface area contributed by atoms with E-state index in [-0.39, 0.29) is 0 Å². The number of hydrogen-bond acceptors (Lipinski definition) is 2. The number of nitrogens with zero attached hydrogens (tertiary/aromatic N) is 1. The maximum absolute atomic E-state index is 3.40. The van der Waals surface area contributed by atoms with Crippen molar-refractivity contribution in [3.8, 4) is 0 Å². The quantitative estimate of drug-likeness (QED) is 0.746. The molecule has 0 aromatic rings. The van der Waals surface area contributed by atoms with Crippen LogP contribution in [0, 0.1) is 11.8 Å². The molecule has 3 atom stereocenters. The molecule has 2 fully saturated rings. The minimum atomic E-state index is 0.738. The molecule has 0 amide bonds. The van der Waals surface area contributed by atoms with Crippen molar-refractivity contribution in [1.29, 1.82) is 0 Å². The fourth-order valence-corrected chi connectivity index (χ4v) is 3.63. The normalized spacial score (nSPS) is 31.9. The van der Waals surface area contributed by atoms with Gasteiger partial charge in [-0.2, -0.15) is 0 Å². The highest BCUT2D eigenvalue weighted by Gasteiger charge is 2.35. The van der Waals surface area contributed by atoms with Gasteiger partial charge in [-0.25, -0.2) is 0 Å². The summed E-state index contributed by atoms with van der Waals surface area (Å²) in [6.07, 6.45) is 8.50. The molecule has 1 heterocycles. The van der Waals surface area contributed by atoms with Crippen LogP contribution in [0.4, 0.5) is 0 Å². The molecule has 94 valence electrons. The second kappa shape index (κ2) is 6.02. The van der Waals surface area contributed by atoms with Gasteiger partial charge in [0.15, 0.2) is 0 Å². The molecule has 16 heavy (non-hydrogen) atoms. The number of rotatable bonds is 6. The summed E-state index contributed by atoms with van der Waals surface area (Å²) < 4.78 is 0. The molecule has 1 aliphatic carbocycles. The van der Waals surface area contributed by atoms with Crippen molar-refractivity contribution in [2.24, 2.45) is 11.8 Å². The Morgan fingerprint density at radius 1 is 1.25 bits per heavy atom. The maximum Gasteiger partial charge on any atom is 0.00619 e. The zero-order valence-corrected chi connectivity index (χ0v) is 11.0. The molecule has 1 saturated heterocycles. The molecule has 0 spiro atoms. The monoisotopic (exact) mass is 224 g/mol. The zero-order chi connectivity index (χ0) is 11.4. The van der Waals surface area contributed by atoms with Gasteiger partial charge in [-0.05, 0) is 57.5 Å². The summed E-state index contributed by atoms with van der Waals surface area (Å²) in [4.78, 5) is 2.72. The summed E-state index contributed by atoms with van der Waals surface area (Å²) in [5.41, 5.74) is 0. The highest BCUT2D eigenvalue weighted by molar-refractivity contribution is 4.88. The van der Waals surface area contributed by atoms with Crippen LogP contribution >= 0.6 is 0 Å². The van der Waals surface area contributed by atoms with Crippen LogP contribution in [0.2, 0.25) is 0 Å². The minimum Gasteiger partial charge on any atom is -0.317 e. The fourth-order valence-electron chi connectivity index (χ4n) is 3.63. The van der Waals surface area contributed by atoms with E-state index in [9.17, 15) is 0 Å². The number of likely N-dealkylation sites (tertiary alicyclic amines) is 1. The van der Waals surface area contributed by atoms with Crippen LogP contribution in [-0.4, -0.2) is 37.6 Å². The molecule has 1 aliphatic heterocycles. The zero-order valence-electron chi connectivity index (χ0n) is 11.0. The lowest BCUT2D eigenvalue weighted by atomic mass is 10.0. The van der Waals surface area contributed by atoms with Crippen LogP contribution < -0.4 is 5.32 Å². The third-order valence-electron chi connectivity index (χ3n) is 4.73. The SMILES string of the molecule is CCC(CCCN1CC2CCCC2C1)NC. The Morgan fingerprint density at radius 2 is 1.94 bits per heavy atom. The van der Waals surface area contributed by atoms with Crippen molar-refractivity contribution < 1.29 is 0 Å². The molecule has 0 aromatic heterocycles. The van der Waals surface area contributed by atoms with Gasteiger partial charge in [0, 0.05) is 19.1 Å². The minimum absolute atomic E-state index is 0.738. The van der Waals surface area contributed by atoms with Gasteiger partial charge < -0.3 is 10.2 Å².